The Labute approximate surface area is 179 Å². The standard InChI is InChI=1S/C21H27N3O5S/c1-21(2,3)18(20(28)22-4)23-17(26)11-16(19(27)24-29)30-15-8-6-12-9-14(25)7-5-13(12)10-15/h5-10,16,18-19,25,27H,11H2,1-4H3,(H,22,28)(H,23,26)/t16?,18-,19?/m1/s1. The summed E-state index contributed by atoms with van der Waals surface area (Å²) in [5.74, 6) is -0.640. The van der Waals surface area contributed by atoms with E-state index in [2.05, 4.69) is 15.8 Å². The van der Waals surface area contributed by atoms with Crippen molar-refractivity contribution in [1.29, 1.82) is 0 Å². The number of hydrogen-bond donors (Lipinski definition) is 4. The number of nitrogens with one attached hydrogen (secondary N) is 2. The van der Waals surface area contributed by atoms with Crippen LogP contribution >= 0.6 is 11.8 Å². The van der Waals surface area contributed by atoms with Gasteiger partial charge >= 0.3 is 0 Å². The Hall–Kier alpha value is -2.65. The molecule has 0 bridgehead atoms. The number of thioether (sulfide) groups is 1. The largest absolute Gasteiger partial charge is 0.508 e. The summed E-state index contributed by atoms with van der Waals surface area (Å²) in [7, 11) is 1.49. The van der Waals surface area contributed by atoms with Gasteiger partial charge in [0, 0.05) is 18.4 Å². The molecule has 30 heavy (non-hydrogen) atoms. The fourth-order valence-electron chi connectivity index (χ4n) is 2.96. The van der Waals surface area contributed by atoms with E-state index in [9.17, 15) is 24.7 Å². The molecule has 0 radical (unpaired) electrons. The molecule has 2 rings (SSSR count). The molecule has 0 aliphatic carbocycles. The van der Waals surface area contributed by atoms with Crippen LogP contribution in [0.3, 0.4) is 0 Å². The summed E-state index contributed by atoms with van der Waals surface area (Å²) >= 11 is 1.15. The van der Waals surface area contributed by atoms with Crippen LogP contribution in [0.15, 0.2) is 46.5 Å². The Morgan fingerprint density at radius 1 is 1.13 bits per heavy atom. The molecule has 9 heteroatoms. The van der Waals surface area contributed by atoms with Gasteiger partial charge in [-0.05, 0) is 45.6 Å². The van der Waals surface area contributed by atoms with Crippen LogP contribution in [0.1, 0.15) is 27.2 Å². The Bertz CT molecular complexity index is 928. The van der Waals surface area contributed by atoms with E-state index in [0.717, 1.165) is 27.4 Å². The van der Waals surface area contributed by atoms with Crippen LogP contribution in [0.4, 0.5) is 0 Å². The molecule has 0 saturated carbocycles. The van der Waals surface area contributed by atoms with Crippen molar-refractivity contribution >= 4 is 34.3 Å². The number of carbonyl (C=O) groups excluding carboxylic acids is 2. The summed E-state index contributed by atoms with van der Waals surface area (Å²) in [4.78, 5) is 36.4. The first kappa shape index (κ1) is 23.6. The minimum atomic E-state index is -1.59. The maximum Gasteiger partial charge on any atom is 0.242 e. The Morgan fingerprint density at radius 3 is 2.37 bits per heavy atom. The number of likely N-dealkylation sites (N-methyl/N-ethyl adjacent to an activating group) is 1. The number of carbonyl (C=O) groups is 2. The van der Waals surface area contributed by atoms with Gasteiger partial charge in [0.2, 0.25) is 11.8 Å². The second-order valence-corrected chi connectivity index (χ2v) is 9.37. The topological polar surface area (TPSA) is 128 Å². The van der Waals surface area contributed by atoms with E-state index in [-0.39, 0.29) is 18.1 Å². The number of amides is 2. The average molecular weight is 434 g/mol. The van der Waals surface area contributed by atoms with Crippen LogP contribution in [-0.2, 0) is 9.59 Å². The molecule has 0 fully saturated rings. The van der Waals surface area contributed by atoms with Crippen LogP contribution < -0.4 is 10.6 Å². The molecule has 0 aliphatic rings. The fraction of sp³-hybridized carbons (Fsp3) is 0.429. The first-order valence-electron chi connectivity index (χ1n) is 9.46. The summed E-state index contributed by atoms with van der Waals surface area (Å²) in [5.41, 5.74) is -0.524. The zero-order valence-electron chi connectivity index (χ0n) is 17.4. The zero-order chi connectivity index (χ0) is 22.5. The molecule has 0 aromatic heterocycles. The van der Waals surface area contributed by atoms with Crippen molar-refractivity contribution in [2.24, 2.45) is 10.6 Å². The van der Waals surface area contributed by atoms with Crippen molar-refractivity contribution < 1.29 is 19.8 Å². The molecule has 0 saturated heterocycles. The molecule has 2 aromatic rings. The fourth-order valence-corrected chi connectivity index (χ4v) is 4.05. The summed E-state index contributed by atoms with van der Waals surface area (Å²) in [6, 6.07) is 9.59. The monoisotopic (exact) mass is 433 g/mol. The summed E-state index contributed by atoms with van der Waals surface area (Å²) in [6.07, 6.45) is -1.79. The minimum absolute atomic E-state index is 0.155. The van der Waals surface area contributed by atoms with E-state index in [0.29, 0.717) is 0 Å². The molecule has 0 spiro atoms. The minimum Gasteiger partial charge on any atom is -0.508 e. The van der Waals surface area contributed by atoms with Gasteiger partial charge in [-0.1, -0.05) is 32.9 Å². The first-order valence-corrected chi connectivity index (χ1v) is 10.3. The van der Waals surface area contributed by atoms with Crippen LogP contribution in [0, 0.1) is 10.3 Å². The highest BCUT2D eigenvalue weighted by molar-refractivity contribution is 8.00. The van der Waals surface area contributed by atoms with Gasteiger partial charge < -0.3 is 20.8 Å². The van der Waals surface area contributed by atoms with Crippen LogP contribution in [0.2, 0.25) is 0 Å². The number of fused-ring (bicyclic) bond motifs is 1. The van der Waals surface area contributed by atoms with Gasteiger partial charge in [0.25, 0.3) is 0 Å². The molecule has 162 valence electrons. The SMILES string of the molecule is CNC(=O)[C@@H](NC(=O)CC(Sc1ccc2cc(O)ccc2c1)C(O)N=O)C(C)(C)C. The third-order valence-electron chi connectivity index (χ3n) is 4.59. The number of nitrogens with zero attached hydrogens (tertiary/aromatic N) is 1. The lowest BCUT2D eigenvalue weighted by molar-refractivity contribution is -0.131. The van der Waals surface area contributed by atoms with E-state index in [4.69, 9.17) is 0 Å². The Kier molecular flexibility index (Phi) is 7.80. The Morgan fingerprint density at radius 2 is 1.77 bits per heavy atom. The molecule has 2 unspecified atom stereocenters. The van der Waals surface area contributed by atoms with Gasteiger partial charge in [-0.3, -0.25) is 9.59 Å². The highest BCUT2D eigenvalue weighted by Gasteiger charge is 2.33. The number of rotatable bonds is 8. The second-order valence-electron chi connectivity index (χ2n) is 8.05. The van der Waals surface area contributed by atoms with Gasteiger partial charge in [-0.15, -0.1) is 16.7 Å². The lowest BCUT2D eigenvalue weighted by atomic mass is 9.86. The maximum absolute atomic E-state index is 12.6. The van der Waals surface area contributed by atoms with Crippen molar-refractivity contribution in [2.45, 2.75) is 49.6 Å². The van der Waals surface area contributed by atoms with Gasteiger partial charge in [0.1, 0.15) is 11.8 Å². The van der Waals surface area contributed by atoms with Crippen LogP contribution in [-0.4, -0.2) is 46.6 Å². The number of nitroso groups, excluding NO2 is 1. The predicted molar refractivity (Wildman–Crippen MR) is 117 cm³/mol. The number of benzene rings is 2. The van der Waals surface area contributed by atoms with E-state index in [1.807, 2.05) is 26.8 Å². The van der Waals surface area contributed by atoms with Crippen molar-refractivity contribution in [3.05, 3.63) is 41.3 Å². The predicted octanol–water partition coefficient (Wildman–Crippen LogP) is 2.76. The number of aliphatic hydroxyl groups is 1. The highest BCUT2D eigenvalue weighted by atomic mass is 32.2. The quantitative estimate of drug-likeness (QED) is 0.374. The lowest BCUT2D eigenvalue weighted by Crippen LogP contribution is -2.53. The van der Waals surface area contributed by atoms with Crippen molar-refractivity contribution in [3.8, 4) is 5.75 Å². The van der Waals surface area contributed by atoms with E-state index >= 15 is 0 Å². The maximum atomic E-state index is 12.6. The molecule has 8 nitrogen and oxygen atoms in total. The molecule has 3 atom stereocenters. The Balaban J connectivity index is 2.17. The van der Waals surface area contributed by atoms with Crippen LogP contribution in [0.5, 0.6) is 5.75 Å². The third kappa shape index (κ3) is 6.17. The van der Waals surface area contributed by atoms with Crippen molar-refractivity contribution in [1.82, 2.24) is 10.6 Å². The molecular weight excluding hydrogens is 406 g/mol. The lowest BCUT2D eigenvalue weighted by Gasteiger charge is -2.30. The van der Waals surface area contributed by atoms with E-state index < -0.39 is 28.8 Å². The molecule has 0 aliphatic heterocycles. The molecule has 4 N–H and O–H groups in total. The molecule has 2 amide bonds. The zero-order valence-corrected chi connectivity index (χ0v) is 18.2. The van der Waals surface area contributed by atoms with Crippen molar-refractivity contribution in [2.75, 3.05) is 7.05 Å². The third-order valence-corrected chi connectivity index (χ3v) is 5.83. The number of hydrogen-bond acceptors (Lipinski definition) is 7. The number of phenolic OH excluding ortho intramolecular Hbond substituents is 1. The van der Waals surface area contributed by atoms with Gasteiger partial charge in [0.15, 0.2) is 6.23 Å². The smallest absolute Gasteiger partial charge is 0.242 e. The molecule has 2 aromatic carbocycles. The van der Waals surface area contributed by atoms with Gasteiger partial charge in [-0.2, -0.15) is 0 Å². The number of phenols is 1. The summed E-state index contributed by atoms with van der Waals surface area (Å²) in [6.45, 7) is 5.48. The number of aliphatic hydroxyl groups excluding tert-OH is 1. The van der Waals surface area contributed by atoms with E-state index in [1.54, 1.807) is 30.3 Å². The second kappa shape index (κ2) is 9.90. The van der Waals surface area contributed by atoms with E-state index in [1.165, 1.54) is 7.05 Å². The summed E-state index contributed by atoms with van der Waals surface area (Å²) < 4.78 is 0. The normalized spacial score (nSPS) is 14.6. The van der Waals surface area contributed by atoms with Gasteiger partial charge in [-0.25, -0.2) is 0 Å². The van der Waals surface area contributed by atoms with Gasteiger partial charge in [0.05, 0.1) is 5.25 Å². The first-order chi connectivity index (χ1) is 14.0. The van der Waals surface area contributed by atoms with Crippen molar-refractivity contribution in [3.63, 3.8) is 0 Å². The number of aromatic hydroxyl groups is 1. The van der Waals surface area contributed by atoms with Crippen LogP contribution in [0.25, 0.3) is 10.8 Å². The molecular formula is C21H27N3O5S. The summed E-state index contributed by atoms with van der Waals surface area (Å²) in [5, 5.41) is 28.4. The highest BCUT2D eigenvalue weighted by Crippen LogP contribution is 2.32. The average Bonchev–Trinajstić information content (AvgIpc) is 2.69. The molecule has 0 heterocycles.